The van der Waals surface area contributed by atoms with Crippen LogP contribution in [0, 0.1) is 11.6 Å². The topological polar surface area (TPSA) is 94.8 Å². The smallest absolute Gasteiger partial charge is 0.319 e. The Morgan fingerprint density at radius 3 is 2.42 bits per heavy atom. The van der Waals surface area contributed by atoms with Crippen LogP contribution in [0.25, 0.3) is 32.9 Å². The summed E-state index contributed by atoms with van der Waals surface area (Å²) in [6, 6.07) is 6.17. The monoisotopic (exact) mass is 591 g/mol. The van der Waals surface area contributed by atoms with E-state index in [1.165, 1.54) is 12.1 Å². The van der Waals surface area contributed by atoms with Gasteiger partial charge in [-0.2, -0.15) is 9.97 Å². The summed E-state index contributed by atoms with van der Waals surface area (Å²) in [7, 11) is 1.00. The zero-order valence-electron chi connectivity index (χ0n) is 24.9. The number of fused-ring (bicyclic) bond motifs is 3. The minimum atomic E-state index is -0.632. The highest BCUT2D eigenvalue weighted by Crippen LogP contribution is 2.41. The van der Waals surface area contributed by atoms with Crippen molar-refractivity contribution >= 4 is 27.5 Å². The first-order valence-electron chi connectivity index (χ1n) is 15.4. The highest BCUT2D eigenvalue weighted by molar-refractivity contribution is 6.01. The van der Waals surface area contributed by atoms with Crippen molar-refractivity contribution in [2.24, 2.45) is 0 Å². The first kappa shape index (κ1) is 29.4. The van der Waals surface area contributed by atoms with Gasteiger partial charge in [0.1, 0.15) is 35.2 Å². The van der Waals surface area contributed by atoms with Crippen LogP contribution in [0.5, 0.6) is 11.8 Å². The van der Waals surface area contributed by atoms with Gasteiger partial charge in [0.25, 0.3) is 0 Å². The van der Waals surface area contributed by atoms with Crippen LogP contribution in [-0.4, -0.2) is 75.5 Å². The molecule has 0 bridgehead atoms. The molecule has 0 saturated carbocycles. The van der Waals surface area contributed by atoms with Crippen molar-refractivity contribution in [1.82, 2.24) is 19.9 Å². The minimum absolute atomic E-state index is 0.00661. The molecule has 0 radical (unpaired) electrons. The summed E-state index contributed by atoms with van der Waals surface area (Å²) < 4.78 is 37.8. The van der Waals surface area contributed by atoms with Crippen molar-refractivity contribution in [3.63, 3.8) is 0 Å². The second-order valence-electron chi connectivity index (χ2n) is 11.7. The second-order valence-corrected chi connectivity index (χ2v) is 11.7. The Hall–Kier alpha value is -3.63. The number of halogens is 2. The standard InChI is InChI=1S/C32H35F2N5O2.CH4O/c1-2-22-25(33)9-8-20-16-21(40)17-23(26(20)22)28-27(34)29-24(18-35-28)30(38-12-4-3-5-13-38)37-31(36-29)41-19-32-10-6-14-39(32)15-7-11-32;1-2/h8-9,16-18,40H,2-7,10-15,19H2,1H3;2H,1H3. The molecule has 3 fully saturated rings. The molecule has 228 valence electrons. The van der Waals surface area contributed by atoms with Gasteiger partial charge in [-0.05, 0) is 99.0 Å². The zero-order valence-corrected chi connectivity index (χ0v) is 24.9. The number of anilines is 1. The van der Waals surface area contributed by atoms with Gasteiger partial charge in [-0.15, -0.1) is 0 Å². The Morgan fingerprint density at radius 2 is 1.70 bits per heavy atom. The van der Waals surface area contributed by atoms with Crippen molar-refractivity contribution in [1.29, 1.82) is 0 Å². The third-order valence-corrected chi connectivity index (χ3v) is 9.34. The number of benzene rings is 2. The second kappa shape index (κ2) is 12.2. The van der Waals surface area contributed by atoms with Crippen LogP contribution < -0.4 is 9.64 Å². The Labute approximate surface area is 250 Å². The van der Waals surface area contributed by atoms with E-state index in [4.69, 9.17) is 14.8 Å². The predicted octanol–water partition coefficient (Wildman–Crippen LogP) is 6.00. The van der Waals surface area contributed by atoms with E-state index in [0.29, 0.717) is 46.1 Å². The number of piperidine rings is 1. The van der Waals surface area contributed by atoms with Gasteiger partial charge < -0.3 is 19.8 Å². The van der Waals surface area contributed by atoms with Gasteiger partial charge >= 0.3 is 6.01 Å². The molecule has 0 unspecified atom stereocenters. The Balaban J connectivity index is 0.00000161. The van der Waals surface area contributed by atoms with Gasteiger partial charge in [-0.1, -0.05) is 13.0 Å². The fourth-order valence-electron chi connectivity index (χ4n) is 7.31. The highest BCUT2D eigenvalue weighted by Gasteiger charge is 2.45. The third kappa shape index (κ3) is 5.25. The van der Waals surface area contributed by atoms with Gasteiger partial charge in [0.05, 0.1) is 10.9 Å². The first-order valence-corrected chi connectivity index (χ1v) is 15.4. The molecule has 0 aliphatic carbocycles. The predicted molar refractivity (Wildman–Crippen MR) is 164 cm³/mol. The van der Waals surface area contributed by atoms with E-state index in [2.05, 4.69) is 19.8 Å². The number of aromatic nitrogens is 3. The zero-order chi connectivity index (χ0) is 30.1. The number of ether oxygens (including phenoxy) is 1. The Morgan fingerprint density at radius 1 is 0.953 bits per heavy atom. The average molecular weight is 592 g/mol. The van der Waals surface area contributed by atoms with Crippen molar-refractivity contribution in [3.8, 4) is 23.0 Å². The molecule has 3 aliphatic heterocycles. The van der Waals surface area contributed by atoms with Gasteiger partial charge in [0.2, 0.25) is 0 Å². The van der Waals surface area contributed by atoms with Crippen LogP contribution >= 0.6 is 0 Å². The SMILES string of the molecule is CCc1c(F)ccc2cc(O)cc(-c3ncc4c(N5CCCCC5)nc(OCC56CCCN5CCC6)nc4c3F)c12.CO. The first-order chi connectivity index (χ1) is 21.0. The van der Waals surface area contributed by atoms with Gasteiger partial charge in [-0.25, -0.2) is 8.78 Å². The molecule has 43 heavy (non-hydrogen) atoms. The van der Waals surface area contributed by atoms with E-state index in [-0.39, 0.29) is 34.3 Å². The van der Waals surface area contributed by atoms with Crippen molar-refractivity contribution in [3.05, 3.63) is 47.7 Å². The number of rotatable bonds is 6. The molecule has 10 heteroatoms. The average Bonchev–Trinajstić information content (AvgIpc) is 3.62. The lowest BCUT2D eigenvalue weighted by atomic mass is 9.94. The van der Waals surface area contributed by atoms with Crippen LogP contribution in [0.2, 0.25) is 0 Å². The summed E-state index contributed by atoms with van der Waals surface area (Å²) in [5.74, 6) is -0.408. The maximum absolute atomic E-state index is 16.6. The number of aryl methyl sites for hydroxylation is 1. The number of hydrogen-bond acceptors (Lipinski definition) is 8. The normalized spacial score (nSPS) is 18.1. The molecule has 0 amide bonds. The lowest BCUT2D eigenvalue weighted by molar-refractivity contribution is 0.108. The molecule has 0 spiro atoms. The van der Waals surface area contributed by atoms with Crippen molar-refractivity contribution in [2.75, 3.05) is 44.8 Å². The number of pyridine rings is 1. The number of aliphatic hydroxyl groups excluding tert-OH is 1. The number of phenolic OH excluding ortho intramolecular Hbond substituents is 1. The molecule has 0 atom stereocenters. The molecule has 2 N–H and O–H groups in total. The summed E-state index contributed by atoms with van der Waals surface area (Å²) in [4.78, 5) is 18.7. The fourth-order valence-corrected chi connectivity index (χ4v) is 7.31. The summed E-state index contributed by atoms with van der Waals surface area (Å²) in [5, 5.41) is 19.2. The van der Waals surface area contributed by atoms with Crippen LogP contribution in [0.15, 0.2) is 30.5 Å². The third-order valence-electron chi connectivity index (χ3n) is 9.34. The van der Waals surface area contributed by atoms with E-state index in [0.717, 1.165) is 78.2 Å². The van der Waals surface area contributed by atoms with Crippen molar-refractivity contribution in [2.45, 2.75) is 63.8 Å². The number of hydrogen-bond donors (Lipinski definition) is 2. The van der Waals surface area contributed by atoms with E-state index in [1.807, 2.05) is 6.92 Å². The fraction of sp³-hybridized carbons (Fsp3) is 0.485. The molecular formula is C33H39F2N5O3. The summed E-state index contributed by atoms with van der Waals surface area (Å²) in [6.07, 6.45) is 9.73. The number of aliphatic hydroxyl groups is 1. The van der Waals surface area contributed by atoms with E-state index < -0.39 is 5.82 Å². The molecule has 2 aromatic carbocycles. The Bertz CT molecular complexity index is 1630. The maximum Gasteiger partial charge on any atom is 0.319 e. The van der Waals surface area contributed by atoms with Crippen LogP contribution in [0.4, 0.5) is 14.6 Å². The van der Waals surface area contributed by atoms with E-state index in [9.17, 15) is 9.50 Å². The van der Waals surface area contributed by atoms with Crippen LogP contribution in [0.3, 0.4) is 0 Å². The summed E-state index contributed by atoms with van der Waals surface area (Å²) >= 11 is 0. The summed E-state index contributed by atoms with van der Waals surface area (Å²) in [6.45, 7) is 6.15. The number of aromatic hydroxyl groups is 1. The molecule has 8 nitrogen and oxygen atoms in total. The minimum Gasteiger partial charge on any atom is -0.508 e. The Kier molecular flexibility index (Phi) is 8.33. The van der Waals surface area contributed by atoms with Crippen LogP contribution in [-0.2, 0) is 6.42 Å². The largest absolute Gasteiger partial charge is 0.508 e. The van der Waals surface area contributed by atoms with Gasteiger partial charge in [0.15, 0.2) is 5.82 Å². The quantitative estimate of drug-likeness (QED) is 0.282. The molecule has 5 heterocycles. The molecule has 2 aromatic heterocycles. The molecule has 3 aliphatic rings. The van der Waals surface area contributed by atoms with E-state index >= 15 is 4.39 Å². The lowest BCUT2D eigenvalue weighted by Gasteiger charge is -2.32. The summed E-state index contributed by atoms with van der Waals surface area (Å²) in [5.41, 5.74) is 0.939. The van der Waals surface area contributed by atoms with Crippen LogP contribution in [0.1, 0.15) is 57.4 Å². The molecule has 7 rings (SSSR count). The van der Waals surface area contributed by atoms with Crippen molar-refractivity contribution < 1.29 is 23.7 Å². The molecular weight excluding hydrogens is 552 g/mol. The van der Waals surface area contributed by atoms with Gasteiger partial charge in [0, 0.05) is 32.0 Å². The lowest BCUT2D eigenvalue weighted by Crippen LogP contribution is -2.43. The number of nitrogens with zero attached hydrogens (tertiary/aromatic N) is 5. The molecule has 3 saturated heterocycles. The van der Waals surface area contributed by atoms with Gasteiger partial charge in [-0.3, -0.25) is 9.88 Å². The number of phenols is 1. The maximum atomic E-state index is 16.6. The van der Waals surface area contributed by atoms with E-state index in [1.54, 1.807) is 18.3 Å². The highest BCUT2D eigenvalue weighted by atomic mass is 19.1. The molecule has 4 aromatic rings.